The summed E-state index contributed by atoms with van der Waals surface area (Å²) in [6, 6.07) is 9.80. The number of nitrogens with zero attached hydrogens (tertiary/aromatic N) is 4. The molecular weight excluding hydrogens is 300 g/mol. The summed E-state index contributed by atoms with van der Waals surface area (Å²) in [5, 5.41) is 0. The van der Waals surface area contributed by atoms with Crippen LogP contribution in [0.3, 0.4) is 0 Å². The molecule has 3 rings (SSSR count). The van der Waals surface area contributed by atoms with Crippen LogP contribution in [0.5, 0.6) is 0 Å². The van der Waals surface area contributed by atoms with Gasteiger partial charge in [0.2, 0.25) is 0 Å². The molecule has 0 bridgehead atoms. The van der Waals surface area contributed by atoms with Crippen LogP contribution in [0.1, 0.15) is 23.2 Å². The highest BCUT2D eigenvalue weighted by Crippen LogP contribution is 2.22. The van der Waals surface area contributed by atoms with Crippen molar-refractivity contribution in [3.8, 4) is 11.4 Å². The van der Waals surface area contributed by atoms with Crippen LogP contribution < -0.4 is 0 Å². The number of amides is 1. The quantitative estimate of drug-likeness (QED) is 0.848. The Balaban J connectivity index is 1.62. The first-order chi connectivity index (χ1) is 11.6. The Labute approximate surface area is 143 Å². The van der Waals surface area contributed by atoms with E-state index in [1.165, 1.54) is 0 Å². The zero-order valence-electron chi connectivity index (χ0n) is 14.4. The molecule has 24 heavy (non-hydrogen) atoms. The summed E-state index contributed by atoms with van der Waals surface area (Å²) in [5.74, 6) is 1.29. The summed E-state index contributed by atoms with van der Waals surface area (Å²) in [6.07, 6.45) is 5.51. The Morgan fingerprint density at radius 2 is 1.92 bits per heavy atom. The highest BCUT2D eigenvalue weighted by atomic mass is 16.2. The fourth-order valence-corrected chi connectivity index (χ4v) is 3.05. The molecule has 5 heteroatoms. The van der Waals surface area contributed by atoms with E-state index in [2.05, 4.69) is 29.0 Å². The first-order valence-corrected chi connectivity index (χ1v) is 8.45. The van der Waals surface area contributed by atoms with Gasteiger partial charge in [-0.3, -0.25) is 4.79 Å². The monoisotopic (exact) mass is 324 g/mol. The van der Waals surface area contributed by atoms with Crippen molar-refractivity contribution < 1.29 is 4.79 Å². The second kappa shape index (κ2) is 7.53. The number of aromatic nitrogens is 2. The lowest BCUT2D eigenvalue weighted by atomic mass is 10.1. The molecule has 0 aliphatic carbocycles. The van der Waals surface area contributed by atoms with Crippen molar-refractivity contribution in [1.29, 1.82) is 0 Å². The summed E-state index contributed by atoms with van der Waals surface area (Å²) >= 11 is 0. The highest BCUT2D eigenvalue weighted by molar-refractivity contribution is 5.93. The number of hydrogen-bond donors (Lipinski definition) is 0. The van der Waals surface area contributed by atoms with Crippen LogP contribution in [0.25, 0.3) is 11.4 Å². The average Bonchev–Trinajstić information content (AvgIpc) is 3.09. The summed E-state index contributed by atoms with van der Waals surface area (Å²) < 4.78 is 0. The Bertz CT molecular complexity index is 670. The van der Waals surface area contributed by atoms with E-state index in [-0.39, 0.29) is 5.91 Å². The maximum Gasteiger partial charge on any atom is 0.257 e. The van der Waals surface area contributed by atoms with Gasteiger partial charge in [-0.1, -0.05) is 30.3 Å². The van der Waals surface area contributed by atoms with Crippen LogP contribution in [0.4, 0.5) is 0 Å². The van der Waals surface area contributed by atoms with Crippen molar-refractivity contribution in [3.05, 3.63) is 48.3 Å². The lowest BCUT2D eigenvalue weighted by molar-refractivity contribution is 0.0785. The number of likely N-dealkylation sites (tertiary alicyclic amines) is 1. The molecule has 1 fully saturated rings. The summed E-state index contributed by atoms with van der Waals surface area (Å²) in [7, 11) is 4.17. The first-order valence-electron chi connectivity index (χ1n) is 8.45. The van der Waals surface area contributed by atoms with Crippen LogP contribution in [0.15, 0.2) is 42.7 Å². The predicted octanol–water partition coefficient (Wildman–Crippen LogP) is 2.56. The molecule has 0 N–H and O–H groups in total. The fourth-order valence-electron chi connectivity index (χ4n) is 3.05. The Hall–Kier alpha value is -2.27. The van der Waals surface area contributed by atoms with Crippen molar-refractivity contribution >= 4 is 5.91 Å². The number of benzene rings is 1. The van der Waals surface area contributed by atoms with Gasteiger partial charge in [-0.05, 0) is 39.4 Å². The van der Waals surface area contributed by atoms with E-state index in [0.29, 0.717) is 17.3 Å². The Kier molecular flexibility index (Phi) is 5.20. The number of carbonyl (C=O) groups is 1. The van der Waals surface area contributed by atoms with Gasteiger partial charge in [-0.2, -0.15) is 0 Å². The van der Waals surface area contributed by atoms with Gasteiger partial charge in [0.25, 0.3) is 5.91 Å². The largest absolute Gasteiger partial charge is 0.338 e. The molecule has 1 amide bonds. The zero-order valence-corrected chi connectivity index (χ0v) is 14.4. The molecule has 1 atom stereocenters. The predicted molar refractivity (Wildman–Crippen MR) is 94.6 cm³/mol. The van der Waals surface area contributed by atoms with Crippen LogP contribution in [-0.2, 0) is 0 Å². The fraction of sp³-hybridized carbons (Fsp3) is 0.421. The molecule has 0 radical (unpaired) electrons. The second-order valence-electron chi connectivity index (χ2n) is 6.66. The van der Waals surface area contributed by atoms with E-state index >= 15 is 0 Å². The van der Waals surface area contributed by atoms with Gasteiger partial charge in [0, 0.05) is 31.0 Å². The molecule has 5 nitrogen and oxygen atoms in total. The molecule has 126 valence electrons. The first kappa shape index (κ1) is 16.6. The maximum absolute atomic E-state index is 12.6. The van der Waals surface area contributed by atoms with Crippen molar-refractivity contribution in [2.45, 2.75) is 12.8 Å². The third-order valence-corrected chi connectivity index (χ3v) is 4.49. The van der Waals surface area contributed by atoms with E-state index in [1.54, 1.807) is 12.4 Å². The van der Waals surface area contributed by atoms with E-state index in [1.807, 2.05) is 35.2 Å². The Morgan fingerprint density at radius 3 is 2.58 bits per heavy atom. The maximum atomic E-state index is 12.6. The topological polar surface area (TPSA) is 49.3 Å². The second-order valence-corrected chi connectivity index (χ2v) is 6.66. The molecule has 1 aliphatic heterocycles. The van der Waals surface area contributed by atoms with E-state index < -0.39 is 0 Å². The van der Waals surface area contributed by atoms with Crippen molar-refractivity contribution in [1.82, 2.24) is 19.8 Å². The van der Waals surface area contributed by atoms with Crippen LogP contribution >= 0.6 is 0 Å². The molecule has 1 aromatic heterocycles. The van der Waals surface area contributed by atoms with Gasteiger partial charge in [0.05, 0.1) is 5.56 Å². The molecule has 0 spiro atoms. The van der Waals surface area contributed by atoms with Gasteiger partial charge >= 0.3 is 0 Å². The van der Waals surface area contributed by atoms with Gasteiger partial charge in [-0.15, -0.1) is 0 Å². The average molecular weight is 324 g/mol. The summed E-state index contributed by atoms with van der Waals surface area (Å²) in [4.78, 5) is 25.5. The van der Waals surface area contributed by atoms with Crippen molar-refractivity contribution in [2.75, 3.05) is 33.7 Å². The van der Waals surface area contributed by atoms with E-state index in [9.17, 15) is 4.79 Å². The van der Waals surface area contributed by atoms with Gasteiger partial charge in [-0.25, -0.2) is 9.97 Å². The zero-order chi connectivity index (χ0) is 16.9. The Morgan fingerprint density at radius 1 is 1.21 bits per heavy atom. The molecule has 2 aromatic rings. The third-order valence-electron chi connectivity index (χ3n) is 4.49. The SMILES string of the molecule is CN(C)CCC1CCN(C(=O)c2cnc(-c3ccccc3)nc2)C1. The molecule has 2 heterocycles. The van der Waals surface area contributed by atoms with Gasteiger partial charge in [0.1, 0.15) is 0 Å². The van der Waals surface area contributed by atoms with Crippen molar-refractivity contribution in [2.24, 2.45) is 5.92 Å². The van der Waals surface area contributed by atoms with Crippen LogP contribution in [0, 0.1) is 5.92 Å². The molecule has 1 saturated heterocycles. The minimum Gasteiger partial charge on any atom is -0.338 e. The number of rotatable bonds is 5. The normalized spacial score (nSPS) is 17.5. The van der Waals surface area contributed by atoms with Gasteiger partial charge in [0.15, 0.2) is 5.82 Å². The van der Waals surface area contributed by atoms with E-state index in [4.69, 9.17) is 0 Å². The molecular formula is C19H24N4O. The van der Waals surface area contributed by atoms with Crippen LogP contribution in [0.2, 0.25) is 0 Å². The van der Waals surface area contributed by atoms with Crippen LogP contribution in [-0.4, -0.2) is 59.4 Å². The molecule has 1 unspecified atom stereocenters. The highest BCUT2D eigenvalue weighted by Gasteiger charge is 2.27. The lowest BCUT2D eigenvalue weighted by Crippen LogP contribution is -2.29. The smallest absolute Gasteiger partial charge is 0.257 e. The third kappa shape index (κ3) is 3.97. The van der Waals surface area contributed by atoms with E-state index in [0.717, 1.165) is 38.0 Å². The van der Waals surface area contributed by atoms with Crippen molar-refractivity contribution in [3.63, 3.8) is 0 Å². The molecule has 1 aliphatic rings. The summed E-state index contributed by atoms with van der Waals surface area (Å²) in [6.45, 7) is 2.74. The minimum atomic E-state index is 0.0435. The molecule has 1 aromatic carbocycles. The number of hydrogen-bond acceptors (Lipinski definition) is 4. The standard InChI is InChI=1S/C19H24N4O/c1-22(2)10-8-15-9-11-23(14-15)19(24)17-12-20-18(21-13-17)16-6-4-3-5-7-16/h3-7,12-13,15H,8-11,14H2,1-2H3. The molecule has 0 saturated carbocycles. The lowest BCUT2D eigenvalue weighted by Gasteiger charge is -2.17. The summed E-state index contributed by atoms with van der Waals surface area (Å²) in [5.41, 5.74) is 1.53. The van der Waals surface area contributed by atoms with Gasteiger partial charge < -0.3 is 9.80 Å². The number of carbonyl (C=O) groups excluding carboxylic acids is 1. The minimum absolute atomic E-state index is 0.0435.